The number of H-pyrrole nitrogens is 1. The maximum atomic E-state index is 12.3. The summed E-state index contributed by atoms with van der Waals surface area (Å²) in [7, 11) is 0. The molecule has 0 unspecified atom stereocenters. The third kappa shape index (κ3) is 5.77. The predicted octanol–water partition coefficient (Wildman–Crippen LogP) is 2.51. The minimum atomic E-state index is -1.05. The molecule has 0 bridgehead atoms. The van der Waals surface area contributed by atoms with Gasteiger partial charge in [-0.25, -0.2) is 0 Å². The standard InChI is InChI=1S/C20H25N3O2/c1-14-18(15(2)23-22-14)9-6-12-21-19(24)17-8-5-7-16(13-17)10-11-20(3,4)25/h5,7-8,13,25H,6,9,12H2,1-4H3,(H,21,24)(H,22,23). The van der Waals surface area contributed by atoms with Crippen molar-refractivity contribution in [1.82, 2.24) is 15.5 Å². The lowest BCUT2D eigenvalue weighted by atomic mass is 10.1. The van der Waals surface area contributed by atoms with Gasteiger partial charge in [0.15, 0.2) is 0 Å². The van der Waals surface area contributed by atoms with Crippen molar-refractivity contribution in [2.75, 3.05) is 6.54 Å². The summed E-state index contributed by atoms with van der Waals surface area (Å²) < 4.78 is 0. The van der Waals surface area contributed by atoms with Crippen LogP contribution in [0.25, 0.3) is 0 Å². The molecule has 25 heavy (non-hydrogen) atoms. The SMILES string of the molecule is Cc1n[nH]c(C)c1CCCNC(=O)c1cccc(C#CC(C)(C)O)c1. The highest BCUT2D eigenvalue weighted by molar-refractivity contribution is 5.94. The Balaban J connectivity index is 1.89. The van der Waals surface area contributed by atoms with Crippen LogP contribution in [0, 0.1) is 25.7 Å². The third-order valence-corrected chi connectivity index (χ3v) is 3.81. The van der Waals surface area contributed by atoms with Crippen molar-refractivity contribution >= 4 is 5.91 Å². The number of hydrogen-bond acceptors (Lipinski definition) is 3. The molecule has 3 N–H and O–H groups in total. The second-order valence-electron chi connectivity index (χ2n) is 6.66. The van der Waals surface area contributed by atoms with Crippen molar-refractivity contribution in [3.63, 3.8) is 0 Å². The molecule has 0 radical (unpaired) electrons. The number of carbonyl (C=O) groups is 1. The number of nitrogens with one attached hydrogen (secondary N) is 2. The fourth-order valence-corrected chi connectivity index (χ4v) is 2.47. The van der Waals surface area contributed by atoms with Crippen LogP contribution < -0.4 is 5.32 Å². The topological polar surface area (TPSA) is 78.0 Å². The number of hydrogen-bond donors (Lipinski definition) is 3. The Morgan fingerprint density at radius 2 is 2.12 bits per heavy atom. The smallest absolute Gasteiger partial charge is 0.251 e. The van der Waals surface area contributed by atoms with Crippen LogP contribution in [-0.2, 0) is 6.42 Å². The van der Waals surface area contributed by atoms with E-state index in [1.54, 1.807) is 32.0 Å². The van der Waals surface area contributed by atoms with Crippen molar-refractivity contribution in [2.45, 2.75) is 46.1 Å². The van der Waals surface area contributed by atoms with Crippen LogP contribution in [0.5, 0.6) is 0 Å². The molecule has 0 saturated heterocycles. The molecule has 2 rings (SSSR count). The molecule has 2 aromatic rings. The lowest BCUT2D eigenvalue weighted by molar-refractivity contribution is 0.0953. The van der Waals surface area contributed by atoms with E-state index in [2.05, 4.69) is 27.4 Å². The summed E-state index contributed by atoms with van der Waals surface area (Å²) >= 11 is 0. The van der Waals surface area contributed by atoms with Gasteiger partial charge < -0.3 is 10.4 Å². The molecule has 5 heteroatoms. The van der Waals surface area contributed by atoms with E-state index in [1.807, 2.05) is 19.9 Å². The van der Waals surface area contributed by atoms with E-state index < -0.39 is 5.60 Å². The Morgan fingerprint density at radius 1 is 1.36 bits per heavy atom. The minimum Gasteiger partial charge on any atom is -0.378 e. The summed E-state index contributed by atoms with van der Waals surface area (Å²) in [4.78, 5) is 12.3. The number of benzene rings is 1. The van der Waals surface area contributed by atoms with Crippen LogP contribution in [0.15, 0.2) is 24.3 Å². The van der Waals surface area contributed by atoms with E-state index in [0.717, 1.165) is 24.2 Å². The monoisotopic (exact) mass is 339 g/mol. The van der Waals surface area contributed by atoms with Crippen LogP contribution >= 0.6 is 0 Å². The number of aromatic nitrogens is 2. The van der Waals surface area contributed by atoms with E-state index in [4.69, 9.17) is 0 Å². The summed E-state index contributed by atoms with van der Waals surface area (Å²) in [6, 6.07) is 7.11. The van der Waals surface area contributed by atoms with E-state index >= 15 is 0 Å². The molecule has 1 aromatic carbocycles. The first-order valence-electron chi connectivity index (χ1n) is 8.40. The van der Waals surface area contributed by atoms with Crippen LogP contribution in [0.1, 0.15) is 53.1 Å². The Bertz CT molecular complexity index is 785. The first-order chi connectivity index (χ1) is 11.8. The Labute approximate surface area is 148 Å². The summed E-state index contributed by atoms with van der Waals surface area (Å²) in [5, 5.41) is 19.7. The van der Waals surface area contributed by atoms with Gasteiger partial charge in [0.2, 0.25) is 0 Å². The number of aryl methyl sites for hydroxylation is 2. The minimum absolute atomic E-state index is 0.118. The highest BCUT2D eigenvalue weighted by atomic mass is 16.3. The van der Waals surface area contributed by atoms with Gasteiger partial charge >= 0.3 is 0 Å². The quantitative estimate of drug-likeness (QED) is 0.578. The largest absolute Gasteiger partial charge is 0.378 e. The van der Waals surface area contributed by atoms with Crippen molar-refractivity contribution < 1.29 is 9.90 Å². The van der Waals surface area contributed by atoms with Crippen molar-refractivity contribution in [2.24, 2.45) is 0 Å². The number of nitrogens with zero attached hydrogens (tertiary/aromatic N) is 1. The average Bonchev–Trinajstić information content (AvgIpc) is 2.88. The van der Waals surface area contributed by atoms with Crippen LogP contribution in [0.2, 0.25) is 0 Å². The van der Waals surface area contributed by atoms with Gasteiger partial charge in [0.25, 0.3) is 5.91 Å². The molecule has 0 aliphatic rings. The molecular weight excluding hydrogens is 314 g/mol. The predicted molar refractivity (Wildman–Crippen MR) is 98.3 cm³/mol. The normalized spacial score (nSPS) is 10.9. The van der Waals surface area contributed by atoms with Gasteiger partial charge in [-0.15, -0.1) is 0 Å². The summed E-state index contributed by atoms with van der Waals surface area (Å²) in [5.74, 6) is 5.52. The second kappa shape index (κ2) is 8.00. The zero-order valence-electron chi connectivity index (χ0n) is 15.2. The van der Waals surface area contributed by atoms with Gasteiger partial charge in [-0.05, 0) is 64.3 Å². The van der Waals surface area contributed by atoms with Crippen LogP contribution in [-0.4, -0.2) is 33.4 Å². The Kier molecular flexibility index (Phi) is 6.00. The Hall–Kier alpha value is -2.58. The van der Waals surface area contributed by atoms with Crippen LogP contribution in [0.3, 0.4) is 0 Å². The molecular formula is C20H25N3O2. The molecule has 0 spiro atoms. The zero-order chi connectivity index (χ0) is 18.4. The first-order valence-corrected chi connectivity index (χ1v) is 8.40. The Morgan fingerprint density at radius 3 is 2.76 bits per heavy atom. The number of amides is 1. The molecule has 0 aliphatic heterocycles. The van der Waals surface area contributed by atoms with E-state index in [0.29, 0.717) is 17.7 Å². The second-order valence-corrected chi connectivity index (χ2v) is 6.66. The lowest BCUT2D eigenvalue weighted by Crippen LogP contribution is -2.24. The average molecular weight is 339 g/mol. The van der Waals surface area contributed by atoms with Gasteiger partial charge in [-0.2, -0.15) is 5.10 Å². The van der Waals surface area contributed by atoms with Crippen LogP contribution in [0.4, 0.5) is 0 Å². The van der Waals surface area contributed by atoms with Crippen molar-refractivity contribution in [3.8, 4) is 11.8 Å². The number of carbonyl (C=O) groups excluding carboxylic acids is 1. The maximum absolute atomic E-state index is 12.3. The highest BCUT2D eigenvalue weighted by Gasteiger charge is 2.09. The molecule has 1 amide bonds. The molecule has 0 atom stereocenters. The summed E-state index contributed by atoms with van der Waals surface area (Å²) in [6.07, 6.45) is 1.73. The molecule has 132 valence electrons. The van der Waals surface area contributed by atoms with Gasteiger partial charge in [0.1, 0.15) is 5.60 Å². The first kappa shape index (κ1) is 18.8. The highest BCUT2D eigenvalue weighted by Crippen LogP contribution is 2.11. The molecule has 0 aliphatic carbocycles. The molecule has 0 saturated carbocycles. The third-order valence-electron chi connectivity index (χ3n) is 3.81. The van der Waals surface area contributed by atoms with E-state index in [-0.39, 0.29) is 5.91 Å². The number of rotatable bonds is 5. The van der Waals surface area contributed by atoms with E-state index in [9.17, 15) is 9.90 Å². The molecule has 1 aromatic heterocycles. The van der Waals surface area contributed by atoms with Crippen molar-refractivity contribution in [3.05, 3.63) is 52.3 Å². The zero-order valence-corrected chi connectivity index (χ0v) is 15.2. The molecule has 1 heterocycles. The van der Waals surface area contributed by atoms with E-state index in [1.165, 1.54) is 5.56 Å². The fourth-order valence-electron chi connectivity index (χ4n) is 2.47. The number of aromatic amines is 1. The summed E-state index contributed by atoms with van der Waals surface area (Å²) in [5.41, 5.74) is 3.54. The molecule has 5 nitrogen and oxygen atoms in total. The van der Waals surface area contributed by atoms with Crippen molar-refractivity contribution in [1.29, 1.82) is 0 Å². The van der Waals surface area contributed by atoms with Gasteiger partial charge in [0.05, 0.1) is 5.69 Å². The maximum Gasteiger partial charge on any atom is 0.251 e. The number of aliphatic hydroxyl groups is 1. The molecule has 0 fully saturated rings. The fraction of sp³-hybridized carbons (Fsp3) is 0.400. The van der Waals surface area contributed by atoms with Gasteiger partial charge in [-0.3, -0.25) is 9.89 Å². The van der Waals surface area contributed by atoms with Gasteiger partial charge in [0, 0.05) is 23.4 Å². The summed E-state index contributed by atoms with van der Waals surface area (Å²) in [6.45, 7) is 7.84. The van der Waals surface area contributed by atoms with Gasteiger partial charge in [-0.1, -0.05) is 17.9 Å². The lowest BCUT2D eigenvalue weighted by Gasteiger charge is -2.07.